The smallest absolute Gasteiger partial charge is 0.414 e. The maximum atomic E-state index is 12.9. The van der Waals surface area contributed by atoms with Gasteiger partial charge in [0, 0.05) is 28.3 Å². The van der Waals surface area contributed by atoms with E-state index in [1.165, 1.54) is 12.8 Å². The van der Waals surface area contributed by atoms with Crippen molar-refractivity contribution >= 4 is 36.0 Å². The molecule has 1 aromatic carbocycles. The van der Waals surface area contributed by atoms with Gasteiger partial charge in [-0.1, -0.05) is 19.1 Å². The molecule has 1 aromatic rings. The van der Waals surface area contributed by atoms with Gasteiger partial charge in [-0.25, -0.2) is 4.79 Å². The molecule has 1 fully saturated rings. The molecule has 2 heterocycles. The molecule has 0 spiro atoms. The summed E-state index contributed by atoms with van der Waals surface area (Å²) in [4.78, 5) is 22.7. The number of carbonyl (C=O) groups is 1. The molecular formula is C27H41N3O2S. The lowest BCUT2D eigenvalue weighted by Gasteiger charge is -2.43. The number of amides is 1. The average Bonchev–Trinajstić information content (AvgIpc) is 2.73. The summed E-state index contributed by atoms with van der Waals surface area (Å²) in [6, 6.07) is 6.30. The van der Waals surface area contributed by atoms with Crippen LogP contribution in [0.25, 0.3) is 5.70 Å². The van der Waals surface area contributed by atoms with Crippen LogP contribution in [0, 0.1) is 11.8 Å². The number of likely N-dealkylation sites (tertiary alicyclic amines) is 1. The predicted molar refractivity (Wildman–Crippen MR) is 141 cm³/mol. The van der Waals surface area contributed by atoms with E-state index >= 15 is 0 Å². The highest BCUT2D eigenvalue weighted by atomic mass is 32.2. The first kappa shape index (κ1) is 25.8. The summed E-state index contributed by atoms with van der Waals surface area (Å²) in [6.07, 6.45) is 5.23. The SMILES string of the molecule is C=Nc1cc(C2=CCC(C)CN2C(=O)OC(C)(C)C)ccc1SCC1CCN(C)C(C)(C)C1. The topological polar surface area (TPSA) is 45.1 Å². The van der Waals surface area contributed by atoms with Gasteiger partial charge < -0.3 is 9.64 Å². The van der Waals surface area contributed by atoms with E-state index in [1.54, 1.807) is 4.90 Å². The molecule has 3 rings (SSSR count). The fraction of sp³-hybridized carbons (Fsp3) is 0.630. The van der Waals surface area contributed by atoms with Gasteiger partial charge in [-0.15, -0.1) is 11.8 Å². The van der Waals surface area contributed by atoms with E-state index in [2.05, 4.69) is 68.7 Å². The van der Waals surface area contributed by atoms with E-state index in [0.29, 0.717) is 18.4 Å². The van der Waals surface area contributed by atoms with Gasteiger partial charge in [0.25, 0.3) is 0 Å². The minimum atomic E-state index is -0.528. The highest BCUT2D eigenvalue weighted by Crippen LogP contribution is 2.39. The number of rotatable bonds is 5. The van der Waals surface area contributed by atoms with Crippen molar-refractivity contribution < 1.29 is 9.53 Å². The maximum absolute atomic E-state index is 12.9. The van der Waals surface area contributed by atoms with Gasteiger partial charge in [0.05, 0.1) is 11.4 Å². The summed E-state index contributed by atoms with van der Waals surface area (Å²) in [5, 5.41) is 0. The minimum absolute atomic E-state index is 0.253. The quantitative estimate of drug-likeness (QED) is 0.348. The van der Waals surface area contributed by atoms with E-state index in [0.717, 1.165) is 40.6 Å². The Bertz CT molecular complexity index is 903. The van der Waals surface area contributed by atoms with Gasteiger partial charge >= 0.3 is 6.09 Å². The molecule has 2 aliphatic heterocycles. The van der Waals surface area contributed by atoms with Crippen LogP contribution in [0.3, 0.4) is 0 Å². The minimum Gasteiger partial charge on any atom is -0.443 e. The van der Waals surface area contributed by atoms with Gasteiger partial charge in [0.2, 0.25) is 0 Å². The van der Waals surface area contributed by atoms with Crippen molar-refractivity contribution in [1.29, 1.82) is 0 Å². The molecule has 0 saturated carbocycles. The molecule has 0 N–H and O–H groups in total. The number of hydrogen-bond donors (Lipinski definition) is 0. The summed E-state index contributed by atoms with van der Waals surface area (Å²) >= 11 is 1.87. The molecule has 6 heteroatoms. The standard InChI is InChI=1S/C27H41N3O2S/c1-19-9-11-23(30(17-19)25(31)32-26(2,3)4)21-10-12-24(22(15-21)28-7)33-18-20-13-14-29(8)27(5,6)16-20/h10-12,15,19-20H,7,9,13-14,16-18H2,1-6,8H3. The maximum Gasteiger partial charge on any atom is 0.414 e. The molecule has 0 aromatic heterocycles. The number of nitrogens with zero attached hydrogens (tertiary/aromatic N) is 3. The first-order valence-electron chi connectivity index (χ1n) is 12.1. The second-order valence-corrected chi connectivity index (χ2v) is 12.3. The van der Waals surface area contributed by atoms with Crippen molar-refractivity contribution in [2.75, 3.05) is 25.9 Å². The van der Waals surface area contributed by atoms with E-state index < -0.39 is 5.60 Å². The molecular weight excluding hydrogens is 430 g/mol. The second kappa shape index (κ2) is 10.2. The summed E-state index contributed by atoms with van der Waals surface area (Å²) in [5.41, 5.74) is 2.50. The number of ether oxygens (including phenoxy) is 1. The monoisotopic (exact) mass is 471 g/mol. The molecule has 2 aliphatic rings. The van der Waals surface area contributed by atoms with Crippen LogP contribution < -0.4 is 0 Å². The van der Waals surface area contributed by atoms with Crippen LogP contribution in [0.2, 0.25) is 0 Å². The largest absolute Gasteiger partial charge is 0.443 e. The fourth-order valence-corrected chi connectivity index (χ4v) is 5.72. The van der Waals surface area contributed by atoms with Gasteiger partial charge in [0.1, 0.15) is 5.60 Å². The summed E-state index contributed by atoms with van der Waals surface area (Å²) in [6.45, 7) is 18.2. The third-order valence-corrected chi connectivity index (χ3v) is 8.00. The Labute approximate surface area is 204 Å². The number of carbonyl (C=O) groups excluding carboxylic acids is 1. The van der Waals surface area contributed by atoms with Gasteiger partial charge in [0.15, 0.2) is 0 Å². The van der Waals surface area contributed by atoms with Gasteiger partial charge in [-0.3, -0.25) is 9.89 Å². The normalized spacial score (nSPS) is 23.7. The van der Waals surface area contributed by atoms with E-state index in [9.17, 15) is 4.79 Å². The number of aliphatic imine (C=N–C) groups is 1. The number of thioether (sulfide) groups is 1. The van der Waals surface area contributed by atoms with Crippen molar-refractivity contribution in [3.8, 4) is 0 Å². The second-order valence-electron chi connectivity index (χ2n) is 11.3. The lowest BCUT2D eigenvalue weighted by Crippen LogP contribution is -2.47. The zero-order valence-corrected chi connectivity index (χ0v) is 22.3. The zero-order valence-electron chi connectivity index (χ0n) is 21.5. The molecule has 2 unspecified atom stereocenters. The molecule has 0 bridgehead atoms. The Morgan fingerprint density at radius 1 is 1.33 bits per heavy atom. The van der Waals surface area contributed by atoms with E-state index in [1.807, 2.05) is 32.5 Å². The fourth-order valence-electron chi connectivity index (χ4n) is 4.59. The average molecular weight is 472 g/mol. The Morgan fingerprint density at radius 2 is 2.06 bits per heavy atom. The zero-order chi connectivity index (χ0) is 24.4. The number of piperidine rings is 1. The molecule has 2 atom stereocenters. The number of hydrogen-bond acceptors (Lipinski definition) is 5. The highest BCUT2D eigenvalue weighted by Gasteiger charge is 2.32. The molecule has 33 heavy (non-hydrogen) atoms. The van der Waals surface area contributed by atoms with Crippen LogP contribution in [-0.2, 0) is 4.74 Å². The third-order valence-electron chi connectivity index (χ3n) is 6.71. The van der Waals surface area contributed by atoms with E-state index in [4.69, 9.17) is 4.74 Å². The first-order valence-corrected chi connectivity index (χ1v) is 13.0. The molecule has 5 nitrogen and oxygen atoms in total. The summed E-state index contributed by atoms with van der Waals surface area (Å²) < 4.78 is 5.69. The van der Waals surface area contributed by atoms with Crippen molar-refractivity contribution in [3.63, 3.8) is 0 Å². The summed E-state index contributed by atoms with van der Waals surface area (Å²) in [5.74, 6) is 2.18. The Hall–Kier alpha value is -1.79. The lowest BCUT2D eigenvalue weighted by atomic mass is 9.84. The van der Waals surface area contributed by atoms with Crippen LogP contribution in [0.4, 0.5) is 10.5 Å². The van der Waals surface area contributed by atoms with Crippen LogP contribution in [0.15, 0.2) is 34.2 Å². The Morgan fingerprint density at radius 3 is 2.70 bits per heavy atom. The number of allylic oxidation sites excluding steroid dienone is 1. The highest BCUT2D eigenvalue weighted by molar-refractivity contribution is 7.99. The van der Waals surface area contributed by atoms with Crippen molar-refractivity contribution in [3.05, 3.63) is 29.8 Å². The van der Waals surface area contributed by atoms with Crippen LogP contribution in [0.1, 0.15) is 66.4 Å². The van der Waals surface area contributed by atoms with Crippen LogP contribution in [-0.4, -0.2) is 59.6 Å². The molecule has 0 aliphatic carbocycles. The van der Waals surface area contributed by atoms with Crippen LogP contribution >= 0.6 is 11.8 Å². The first-order chi connectivity index (χ1) is 15.4. The van der Waals surface area contributed by atoms with Crippen molar-refractivity contribution in [2.45, 2.75) is 76.8 Å². The Balaban J connectivity index is 1.76. The molecule has 1 amide bonds. The van der Waals surface area contributed by atoms with Gasteiger partial charge in [-0.2, -0.15) is 0 Å². The van der Waals surface area contributed by atoms with E-state index in [-0.39, 0.29) is 11.6 Å². The van der Waals surface area contributed by atoms with Crippen LogP contribution in [0.5, 0.6) is 0 Å². The summed E-state index contributed by atoms with van der Waals surface area (Å²) in [7, 11) is 2.23. The number of benzene rings is 1. The van der Waals surface area contributed by atoms with Crippen molar-refractivity contribution in [1.82, 2.24) is 9.80 Å². The third kappa shape index (κ3) is 6.63. The molecule has 1 saturated heterocycles. The Kier molecular flexibility index (Phi) is 8.00. The van der Waals surface area contributed by atoms with Gasteiger partial charge in [-0.05, 0) is 98.2 Å². The predicted octanol–water partition coefficient (Wildman–Crippen LogP) is 6.85. The lowest BCUT2D eigenvalue weighted by molar-refractivity contribution is 0.0327. The van der Waals surface area contributed by atoms with Crippen molar-refractivity contribution in [2.24, 2.45) is 16.8 Å². The molecule has 0 radical (unpaired) electrons. The molecule has 182 valence electrons.